The zero-order chi connectivity index (χ0) is 30.4. The Morgan fingerprint density at radius 1 is 0.976 bits per heavy atom. The van der Waals surface area contributed by atoms with E-state index >= 15 is 0 Å². The van der Waals surface area contributed by atoms with Gasteiger partial charge in [-0.1, -0.05) is 24.3 Å². The van der Waals surface area contributed by atoms with Crippen molar-refractivity contribution in [3.8, 4) is 11.5 Å². The highest BCUT2D eigenvalue weighted by Crippen LogP contribution is 2.38. The third-order valence-corrected chi connectivity index (χ3v) is 7.15. The maximum atomic E-state index is 12.5. The molecule has 42 heavy (non-hydrogen) atoms. The van der Waals surface area contributed by atoms with E-state index in [2.05, 4.69) is 10.3 Å². The van der Waals surface area contributed by atoms with Crippen LogP contribution in [0.2, 0.25) is 0 Å². The Morgan fingerprint density at radius 3 is 1.95 bits per heavy atom. The first-order valence-electron chi connectivity index (χ1n) is 13.8. The summed E-state index contributed by atoms with van der Waals surface area (Å²) in [5.41, 5.74) is 1.62. The fourth-order valence-corrected chi connectivity index (χ4v) is 4.80. The largest absolute Gasteiger partial charge is 0.497 e. The summed E-state index contributed by atoms with van der Waals surface area (Å²) in [5, 5.41) is 15.8. The molecule has 1 fully saturated rings. The molecule has 1 heterocycles. The Morgan fingerprint density at radius 2 is 1.50 bits per heavy atom. The molecule has 0 unspecified atom stereocenters. The molecule has 11 nitrogen and oxygen atoms in total. The first-order chi connectivity index (χ1) is 20.0. The second kappa shape index (κ2) is 13.0. The highest BCUT2D eigenvalue weighted by molar-refractivity contribution is 5.74. The summed E-state index contributed by atoms with van der Waals surface area (Å²) in [4.78, 5) is 32.6. The van der Waals surface area contributed by atoms with Crippen molar-refractivity contribution < 1.29 is 23.9 Å². The molecule has 1 saturated carbocycles. The van der Waals surface area contributed by atoms with Crippen LogP contribution < -0.4 is 19.7 Å². The monoisotopic (exact) mass is 577 g/mol. The number of nitro groups is 1. The van der Waals surface area contributed by atoms with E-state index in [4.69, 9.17) is 14.2 Å². The Labute approximate surface area is 246 Å². The molecule has 2 aromatic carbocycles. The molecule has 0 radical (unpaired) electrons. The van der Waals surface area contributed by atoms with Gasteiger partial charge >= 0.3 is 11.8 Å². The average molecular weight is 578 g/mol. The molecule has 11 heteroatoms. The number of benzene rings is 2. The van der Waals surface area contributed by atoms with Crippen molar-refractivity contribution in [3.05, 3.63) is 82.0 Å². The van der Waals surface area contributed by atoms with E-state index in [1.807, 2.05) is 74.2 Å². The molecule has 4 rings (SSSR count). The maximum Gasteiger partial charge on any atom is 0.410 e. The lowest BCUT2D eigenvalue weighted by Crippen LogP contribution is -2.51. The van der Waals surface area contributed by atoms with E-state index in [0.29, 0.717) is 31.6 Å². The highest BCUT2D eigenvalue weighted by Gasteiger charge is 2.37. The predicted octanol–water partition coefficient (Wildman–Crippen LogP) is 6.02. The molecule has 1 aromatic heterocycles. The van der Waals surface area contributed by atoms with Gasteiger partial charge in [0.25, 0.3) is 0 Å². The predicted molar refractivity (Wildman–Crippen MR) is 161 cm³/mol. The van der Waals surface area contributed by atoms with Crippen molar-refractivity contribution in [2.24, 2.45) is 0 Å². The normalized spacial score (nSPS) is 16.1. The second-order valence-corrected chi connectivity index (χ2v) is 11.4. The summed E-state index contributed by atoms with van der Waals surface area (Å²) in [6, 6.07) is 16.8. The van der Waals surface area contributed by atoms with Crippen molar-refractivity contribution in [2.45, 2.75) is 64.4 Å². The van der Waals surface area contributed by atoms with Crippen LogP contribution in [0, 0.1) is 10.1 Å². The molecule has 0 atom stereocenters. The summed E-state index contributed by atoms with van der Waals surface area (Å²) < 4.78 is 16.1. The number of aromatic nitrogens is 1. The Hall–Kier alpha value is -4.54. The molecule has 1 amide bonds. The lowest BCUT2D eigenvalue weighted by molar-refractivity contribution is -0.383. The first-order valence-corrected chi connectivity index (χ1v) is 13.8. The van der Waals surface area contributed by atoms with Crippen LogP contribution >= 0.6 is 0 Å². The number of hydrogen-bond donors (Lipinski definition) is 1. The van der Waals surface area contributed by atoms with Gasteiger partial charge in [-0.3, -0.25) is 10.1 Å². The number of methoxy groups -OCH3 is 2. The molecule has 1 N–H and O–H groups in total. The van der Waals surface area contributed by atoms with Crippen LogP contribution in [-0.4, -0.2) is 59.9 Å². The van der Waals surface area contributed by atoms with Crippen molar-refractivity contribution >= 4 is 23.3 Å². The van der Waals surface area contributed by atoms with Crippen LogP contribution in [0.1, 0.15) is 44.7 Å². The lowest BCUT2D eigenvalue weighted by atomic mass is 9.85. The standard InChI is InChI=1S/C31H39N5O6/c1-31(2,3)42-30(37)34(4)24-17-23(18-24)33-27-15-16-32-29(28(27)36(38)39)35(19-21-7-11-25(40-5)12-8-21)20-22-9-13-26(41-6)14-10-22/h7-16,23-24H,17-20H2,1-6H3,(H,32,33). The van der Waals surface area contributed by atoms with Gasteiger partial charge in [-0.15, -0.1) is 0 Å². The van der Waals surface area contributed by atoms with Crippen LogP contribution in [0.4, 0.5) is 22.0 Å². The molecule has 0 saturated heterocycles. The zero-order valence-electron chi connectivity index (χ0n) is 25.0. The van der Waals surface area contributed by atoms with Gasteiger partial charge in [-0.25, -0.2) is 9.78 Å². The number of rotatable bonds is 11. The number of amides is 1. The van der Waals surface area contributed by atoms with Crippen molar-refractivity contribution in [1.29, 1.82) is 0 Å². The Kier molecular flexibility index (Phi) is 9.39. The van der Waals surface area contributed by atoms with E-state index in [-0.39, 0.29) is 34.6 Å². The second-order valence-electron chi connectivity index (χ2n) is 11.4. The summed E-state index contributed by atoms with van der Waals surface area (Å²) >= 11 is 0. The van der Waals surface area contributed by atoms with Gasteiger partial charge in [-0.05, 0) is 75.1 Å². The van der Waals surface area contributed by atoms with Crippen LogP contribution in [0.25, 0.3) is 0 Å². The van der Waals surface area contributed by atoms with Crippen LogP contribution in [0.5, 0.6) is 11.5 Å². The van der Waals surface area contributed by atoms with E-state index < -0.39 is 5.60 Å². The van der Waals surface area contributed by atoms with Gasteiger partial charge in [0.2, 0.25) is 5.82 Å². The number of ether oxygens (including phenoxy) is 3. The molecule has 3 aromatic rings. The minimum atomic E-state index is -0.579. The van der Waals surface area contributed by atoms with E-state index in [1.54, 1.807) is 38.4 Å². The lowest BCUT2D eigenvalue weighted by Gasteiger charge is -2.42. The minimum absolute atomic E-state index is 0.0145. The number of pyridine rings is 1. The molecule has 224 valence electrons. The van der Waals surface area contributed by atoms with Crippen LogP contribution in [-0.2, 0) is 17.8 Å². The Balaban J connectivity index is 1.57. The fourth-order valence-electron chi connectivity index (χ4n) is 4.80. The maximum absolute atomic E-state index is 12.5. The van der Waals surface area contributed by atoms with Crippen molar-refractivity contribution in [2.75, 3.05) is 31.5 Å². The molecular formula is C31H39N5O6. The molecule has 1 aliphatic rings. The third-order valence-electron chi connectivity index (χ3n) is 7.15. The minimum Gasteiger partial charge on any atom is -0.497 e. The van der Waals surface area contributed by atoms with Crippen molar-refractivity contribution in [1.82, 2.24) is 9.88 Å². The number of nitrogens with zero attached hydrogens (tertiary/aromatic N) is 4. The summed E-state index contributed by atoms with van der Waals surface area (Å²) in [6.07, 6.45) is 2.50. The molecule has 0 bridgehead atoms. The number of carbonyl (C=O) groups is 1. The summed E-state index contributed by atoms with van der Waals surface area (Å²) in [7, 11) is 4.94. The zero-order valence-corrected chi connectivity index (χ0v) is 25.0. The van der Waals surface area contributed by atoms with Crippen molar-refractivity contribution in [3.63, 3.8) is 0 Å². The number of hydrogen-bond acceptors (Lipinski definition) is 9. The smallest absolute Gasteiger partial charge is 0.410 e. The van der Waals surface area contributed by atoms with E-state index in [0.717, 1.165) is 22.6 Å². The number of anilines is 2. The van der Waals surface area contributed by atoms with Gasteiger partial charge in [0, 0.05) is 38.4 Å². The van der Waals surface area contributed by atoms with Gasteiger partial charge in [0.1, 0.15) is 22.8 Å². The number of nitrogens with one attached hydrogen (secondary N) is 1. The molecule has 0 spiro atoms. The molecule has 0 aliphatic heterocycles. The Bertz CT molecular complexity index is 1320. The molecular weight excluding hydrogens is 538 g/mol. The van der Waals surface area contributed by atoms with Gasteiger partial charge in [-0.2, -0.15) is 0 Å². The van der Waals surface area contributed by atoms with Gasteiger partial charge in [0.15, 0.2) is 0 Å². The fraction of sp³-hybridized carbons (Fsp3) is 0.419. The number of carbonyl (C=O) groups excluding carboxylic acids is 1. The van der Waals surface area contributed by atoms with E-state index in [9.17, 15) is 14.9 Å². The average Bonchev–Trinajstić information content (AvgIpc) is 2.93. The summed E-state index contributed by atoms with van der Waals surface area (Å²) in [6.45, 7) is 6.27. The first kappa shape index (κ1) is 30.4. The topological polar surface area (TPSA) is 119 Å². The quantitative estimate of drug-likeness (QED) is 0.215. The molecule has 1 aliphatic carbocycles. The highest BCUT2D eigenvalue weighted by atomic mass is 16.6. The van der Waals surface area contributed by atoms with Crippen LogP contribution in [0.15, 0.2) is 60.8 Å². The third kappa shape index (κ3) is 7.59. The van der Waals surface area contributed by atoms with Gasteiger partial charge in [0.05, 0.1) is 19.1 Å². The SMILES string of the molecule is COc1ccc(CN(Cc2ccc(OC)cc2)c2nccc(NC3CC(N(C)C(=O)OC(C)(C)C)C3)c2[N+](=O)[O-])cc1. The van der Waals surface area contributed by atoms with E-state index in [1.165, 1.54) is 0 Å². The van der Waals surface area contributed by atoms with Crippen LogP contribution in [0.3, 0.4) is 0 Å². The summed E-state index contributed by atoms with van der Waals surface area (Å²) in [5.74, 6) is 1.72. The van der Waals surface area contributed by atoms with Gasteiger partial charge < -0.3 is 29.3 Å².